The van der Waals surface area contributed by atoms with Crippen LogP contribution in [0.15, 0.2) is 66.7 Å². The molecule has 0 unspecified atom stereocenters. The van der Waals surface area contributed by atoms with Gasteiger partial charge in [-0.1, -0.05) is 61.4 Å². The Labute approximate surface area is 165 Å². The second kappa shape index (κ2) is 8.31. The minimum Gasteiger partial charge on any atom is -0.505 e. The number of phenols is 1. The van der Waals surface area contributed by atoms with Gasteiger partial charge < -0.3 is 5.11 Å². The van der Waals surface area contributed by atoms with Gasteiger partial charge in [-0.2, -0.15) is 0 Å². The Hall–Kier alpha value is -3.05. The Morgan fingerprint density at radius 3 is 1.89 bits per heavy atom. The summed E-state index contributed by atoms with van der Waals surface area (Å²) in [6.45, 7) is 0. The molecule has 0 aromatic heterocycles. The van der Waals surface area contributed by atoms with E-state index >= 15 is 0 Å². The Bertz CT molecular complexity index is 1000. The number of halogens is 1. The Kier molecular flexibility index (Phi) is 5.44. The molecule has 0 atom stereocenters. The molecule has 3 aromatic carbocycles. The summed E-state index contributed by atoms with van der Waals surface area (Å²) in [6.07, 6.45) is 6.68. The van der Waals surface area contributed by atoms with Gasteiger partial charge in [0.05, 0.1) is 0 Å². The third-order valence-corrected chi connectivity index (χ3v) is 5.50. The quantitative estimate of drug-likeness (QED) is 0.501. The topological polar surface area (TPSA) is 20.2 Å². The molecule has 2 heteroatoms. The monoisotopic (exact) mass is 370 g/mol. The maximum absolute atomic E-state index is 13.5. The van der Waals surface area contributed by atoms with Crippen LogP contribution in [0.3, 0.4) is 0 Å². The fourth-order valence-electron chi connectivity index (χ4n) is 3.85. The van der Waals surface area contributed by atoms with E-state index in [2.05, 4.69) is 36.1 Å². The third kappa shape index (κ3) is 4.26. The molecule has 1 aliphatic carbocycles. The van der Waals surface area contributed by atoms with Crippen molar-refractivity contribution in [2.24, 2.45) is 0 Å². The van der Waals surface area contributed by atoms with Gasteiger partial charge in [0, 0.05) is 11.1 Å². The Morgan fingerprint density at radius 2 is 1.29 bits per heavy atom. The van der Waals surface area contributed by atoms with E-state index in [-0.39, 0.29) is 5.75 Å². The van der Waals surface area contributed by atoms with Crippen molar-refractivity contribution in [2.75, 3.05) is 0 Å². The number of hydrogen-bond donors (Lipinski definition) is 1. The standard InChI is InChI=1S/C26H23FO/c27-25-18-24(16-17-26(25)28)23-14-10-20(11-15-23)7-6-19-8-12-22(13-9-19)21-4-2-1-3-5-21/h8-18,21,28H,1-5H2. The molecule has 1 N–H and O–H groups in total. The zero-order chi connectivity index (χ0) is 19.3. The van der Waals surface area contributed by atoms with Crippen LogP contribution in [0.5, 0.6) is 5.75 Å². The second-order valence-electron chi connectivity index (χ2n) is 7.45. The smallest absolute Gasteiger partial charge is 0.165 e. The lowest BCUT2D eigenvalue weighted by atomic mass is 9.84. The van der Waals surface area contributed by atoms with E-state index in [0.717, 1.165) is 22.3 Å². The van der Waals surface area contributed by atoms with Gasteiger partial charge in [-0.3, -0.25) is 0 Å². The van der Waals surface area contributed by atoms with E-state index in [1.165, 1.54) is 49.8 Å². The first-order valence-electron chi connectivity index (χ1n) is 9.90. The van der Waals surface area contributed by atoms with Crippen molar-refractivity contribution in [2.45, 2.75) is 38.0 Å². The number of hydrogen-bond acceptors (Lipinski definition) is 1. The highest BCUT2D eigenvalue weighted by molar-refractivity contribution is 5.65. The molecule has 0 saturated heterocycles. The first kappa shape index (κ1) is 18.3. The molecule has 0 heterocycles. The maximum Gasteiger partial charge on any atom is 0.165 e. The lowest BCUT2D eigenvalue weighted by Crippen LogP contribution is -2.04. The van der Waals surface area contributed by atoms with Crippen LogP contribution in [0.2, 0.25) is 0 Å². The highest BCUT2D eigenvalue weighted by atomic mass is 19.1. The lowest BCUT2D eigenvalue weighted by Gasteiger charge is -2.21. The van der Waals surface area contributed by atoms with Crippen molar-refractivity contribution in [3.8, 4) is 28.7 Å². The highest BCUT2D eigenvalue weighted by Gasteiger charge is 2.14. The van der Waals surface area contributed by atoms with Crippen molar-refractivity contribution in [3.05, 3.63) is 89.2 Å². The van der Waals surface area contributed by atoms with Gasteiger partial charge in [0.1, 0.15) is 0 Å². The van der Waals surface area contributed by atoms with Gasteiger partial charge in [0.15, 0.2) is 11.6 Å². The van der Waals surface area contributed by atoms with Gasteiger partial charge in [0.2, 0.25) is 0 Å². The largest absolute Gasteiger partial charge is 0.505 e. The number of rotatable bonds is 2. The molecule has 4 rings (SSSR count). The normalized spacial score (nSPS) is 14.3. The molecule has 28 heavy (non-hydrogen) atoms. The summed E-state index contributed by atoms with van der Waals surface area (Å²) in [5.74, 6) is 6.19. The molecule has 140 valence electrons. The fourth-order valence-corrected chi connectivity index (χ4v) is 3.85. The molecule has 0 radical (unpaired) electrons. The summed E-state index contributed by atoms with van der Waals surface area (Å²) >= 11 is 0. The second-order valence-corrected chi connectivity index (χ2v) is 7.45. The van der Waals surface area contributed by atoms with Crippen LogP contribution in [-0.4, -0.2) is 5.11 Å². The van der Waals surface area contributed by atoms with E-state index < -0.39 is 5.82 Å². The third-order valence-electron chi connectivity index (χ3n) is 5.50. The van der Waals surface area contributed by atoms with Crippen molar-refractivity contribution < 1.29 is 9.50 Å². The minimum atomic E-state index is -0.613. The van der Waals surface area contributed by atoms with Gasteiger partial charge >= 0.3 is 0 Å². The number of phenolic OH excluding ortho intramolecular Hbond substituents is 1. The van der Waals surface area contributed by atoms with Crippen LogP contribution in [0.4, 0.5) is 4.39 Å². The highest BCUT2D eigenvalue weighted by Crippen LogP contribution is 2.32. The lowest BCUT2D eigenvalue weighted by molar-refractivity contribution is 0.432. The average molecular weight is 370 g/mol. The molecule has 1 saturated carbocycles. The van der Waals surface area contributed by atoms with E-state index in [1.807, 2.05) is 24.3 Å². The van der Waals surface area contributed by atoms with E-state index in [0.29, 0.717) is 5.92 Å². The zero-order valence-electron chi connectivity index (χ0n) is 15.8. The van der Waals surface area contributed by atoms with Gasteiger partial charge in [-0.05, 0) is 71.8 Å². The van der Waals surface area contributed by atoms with Crippen LogP contribution < -0.4 is 0 Å². The van der Waals surface area contributed by atoms with Gasteiger partial charge in [0.25, 0.3) is 0 Å². The molecule has 0 bridgehead atoms. The molecule has 3 aromatic rings. The zero-order valence-corrected chi connectivity index (χ0v) is 15.8. The molecule has 1 nitrogen and oxygen atoms in total. The van der Waals surface area contributed by atoms with Crippen molar-refractivity contribution in [3.63, 3.8) is 0 Å². The summed E-state index contributed by atoms with van der Waals surface area (Å²) < 4.78 is 13.5. The first-order chi connectivity index (χ1) is 13.7. The van der Waals surface area contributed by atoms with E-state index in [9.17, 15) is 9.50 Å². The molecular formula is C26H23FO. The molecule has 0 spiro atoms. The van der Waals surface area contributed by atoms with E-state index in [4.69, 9.17) is 0 Å². The minimum absolute atomic E-state index is 0.333. The van der Waals surface area contributed by atoms with Crippen LogP contribution >= 0.6 is 0 Å². The maximum atomic E-state index is 13.5. The summed E-state index contributed by atoms with van der Waals surface area (Å²) in [7, 11) is 0. The first-order valence-corrected chi connectivity index (χ1v) is 9.90. The number of benzene rings is 3. The molecule has 0 amide bonds. The van der Waals surface area contributed by atoms with Gasteiger partial charge in [-0.15, -0.1) is 0 Å². The van der Waals surface area contributed by atoms with Crippen molar-refractivity contribution in [1.29, 1.82) is 0 Å². The summed E-state index contributed by atoms with van der Waals surface area (Å²) in [4.78, 5) is 0. The average Bonchev–Trinajstić information content (AvgIpc) is 2.76. The van der Waals surface area contributed by atoms with E-state index in [1.54, 1.807) is 6.07 Å². The van der Waals surface area contributed by atoms with Crippen LogP contribution in [0.25, 0.3) is 11.1 Å². The van der Waals surface area contributed by atoms with Crippen molar-refractivity contribution >= 4 is 0 Å². The predicted octanol–water partition coefficient (Wildman–Crippen LogP) is 6.65. The summed E-state index contributed by atoms with van der Waals surface area (Å²) in [5.41, 5.74) is 4.99. The molecular weight excluding hydrogens is 347 g/mol. The van der Waals surface area contributed by atoms with Crippen LogP contribution in [0.1, 0.15) is 54.7 Å². The fraction of sp³-hybridized carbons (Fsp3) is 0.231. The predicted molar refractivity (Wildman–Crippen MR) is 112 cm³/mol. The Morgan fingerprint density at radius 1 is 0.714 bits per heavy atom. The Balaban J connectivity index is 1.46. The molecule has 1 fully saturated rings. The number of aromatic hydroxyl groups is 1. The SMILES string of the molecule is Oc1ccc(-c2ccc(C#Cc3ccc(C4CCCCC4)cc3)cc2)cc1F. The van der Waals surface area contributed by atoms with Crippen LogP contribution in [0, 0.1) is 17.7 Å². The van der Waals surface area contributed by atoms with Crippen LogP contribution in [-0.2, 0) is 0 Å². The summed E-state index contributed by atoms with van der Waals surface area (Å²) in [5, 5.41) is 9.31. The summed E-state index contributed by atoms with van der Waals surface area (Å²) in [6, 6.07) is 20.8. The molecule has 1 aliphatic rings. The van der Waals surface area contributed by atoms with Crippen molar-refractivity contribution in [1.82, 2.24) is 0 Å². The molecule has 0 aliphatic heterocycles. The van der Waals surface area contributed by atoms with Gasteiger partial charge in [-0.25, -0.2) is 4.39 Å².